The van der Waals surface area contributed by atoms with Crippen LogP contribution in [-0.2, 0) is 21.2 Å². The first-order valence-electron chi connectivity index (χ1n) is 8.51. The molecule has 6 nitrogen and oxygen atoms in total. The van der Waals surface area contributed by atoms with Crippen LogP contribution in [0.25, 0.3) is 0 Å². The third-order valence-electron chi connectivity index (χ3n) is 4.40. The van der Waals surface area contributed by atoms with E-state index in [9.17, 15) is 17.6 Å². The maximum atomic E-state index is 13.9. The number of amides is 1. The molecular formula is C19H24FN3O3S. The molecule has 146 valence electrons. The van der Waals surface area contributed by atoms with Crippen LogP contribution < -0.4 is 10.5 Å². The smallest absolute Gasteiger partial charge is 0.238 e. The van der Waals surface area contributed by atoms with E-state index in [4.69, 9.17) is 5.14 Å². The summed E-state index contributed by atoms with van der Waals surface area (Å²) < 4.78 is 36.3. The molecule has 0 saturated carbocycles. The Hall–Kier alpha value is -2.29. The SMILES string of the molecule is CC(c1ccccc1F)N(C)CC(=O)NCCc1ccc(S(N)(=O)=O)cc1. The van der Waals surface area contributed by atoms with Gasteiger partial charge in [0.25, 0.3) is 0 Å². The van der Waals surface area contributed by atoms with Gasteiger partial charge in [-0.05, 0) is 44.2 Å². The summed E-state index contributed by atoms with van der Waals surface area (Å²) in [6.45, 7) is 2.40. The number of hydrogen-bond donors (Lipinski definition) is 2. The van der Waals surface area contributed by atoms with Crippen LogP contribution in [0.2, 0.25) is 0 Å². The second-order valence-electron chi connectivity index (χ2n) is 6.40. The topological polar surface area (TPSA) is 92.5 Å². The van der Waals surface area contributed by atoms with Gasteiger partial charge < -0.3 is 5.32 Å². The Balaban J connectivity index is 1.81. The first-order valence-corrected chi connectivity index (χ1v) is 10.1. The van der Waals surface area contributed by atoms with E-state index in [2.05, 4.69) is 5.32 Å². The molecule has 2 aromatic rings. The van der Waals surface area contributed by atoms with Crippen LogP contribution in [0.4, 0.5) is 4.39 Å². The predicted octanol–water partition coefficient (Wildman–Crippen LogP) is 1.82. The summed E-state index contributed by atoms with van der Waals surface area (Å²) in [5.74, 6) is -0.456. The van der Waals surface area contributed by atoms with Gasteiger partial charge in [0, 0.05) is 18.2 Å². The zero-order valence-electron chi connectivity index (χ0n) is 15.4. The lowest BCUT2D eigenvalue weighted by Crippen LogP contribution is -2.37. The summed E-state index contributed by atoms with van der Waals surface area (Å²) in [5, 5.41) is 7.87. The Morgan fingerprint density at radius 1 is 1.19 bits per heavy atom. The molecule has 27 heavy (non-hydrogen) atoms. The van der Waals surface area contributed by atoms with Crippen molar-refractivity contribution in [2.45, 2.75) is 24.3 Å². The molecule has 0 aromatic heterocycles. The molecule has 0 fully saturated rings. The van der Waals surface area contributed by atoms with Gasteiger partial charge in [-0.25, -0.2) is 17.9 Å². The van der Waals surface area contributed by atoms with Gasteiger partial charge >= 0.3 is 0 Å². The molecule has 0 aliphatic heterocycles. The molecule has 1 atom stereocenters. The van der Waals surface area contributed by atoms with Crippen molar-refractivity contribution in [3.8, 4) is 0 Å². The highest BCUT2D eigenvalue weighted by molar-refractivity contribution is 7.89. The van der Waals surface area contributed by atoms with Crippen molar-refractivity contribution in [2.24, 2.45) is 5.14 Å². The number of rotatable bonds is 8. The van der Waals surface area contributed by atoms with Gasteiger partial charge in [0.2, 0.25) is 15.9 Å². The lowest BCUT2D eigenvalue weighted by atomic mass is 10.1. The number of halogens is 1. The number of benzene rings is 2. The third kappa shape index (κ3) is 6.13. The Morgan fingerprint density at radius 3 is 2.41 bits per heavy atom. The van der Waals surface area contributed by atoms with Crippen molar-refractivity contribution in [2.75, 3.05) is 20.1 Å². The number of nitrogens with zero attached hydrogens (tertiary/aromatic N) is 1. The second-order valence-corrected chi connectivity index (χ2v) is 7.96. The predicted molar refractivity (Wildman–Crippen MR) is 102 cm³/mol. The van der Waals surface area contributed by atoms with Crippen LogP contribution in [0.3, 0.4) is 0 Å². The number of carbonyl (C=O) groups excluding carboxylic acids is 1. The summed E-state index contributed by atoms with van der Waals surface area (Å²) in [6.07, 6.45) is 0.559. The molecule has 0 bridgehead atoms. The summed E-state index contributed by atoms with van der Waals surface area (Å²) in [6, 6.07) is 12.5. The highest BCUT2D eigenvalue weighted by Gasteiger charge is 2.17. The minimum atomic E-state index is -3.70. The lowest BCUT2D eigenvalue weighted by molar-refractivity contribution is -0.122. The van der Waals surface area contributed by atoms with Gasteiger partial charge in [0.1, 0.15) is 5.82 Å². The summed E-state index contributed by atoms with van der Waals surface area (Å²) in [4.78, 5) is 13.9. The highest BCUT2D eigenvalue weighted by Crippen LogP contribution is 2.21. The Labute approximate surface area is 159 Å². The molecule has 0 aliphatic rings. The fourth-order valence-electron chi connectivity index (χ4n) is 2.66. The lowest BCUT2D eigenvalue weighted by Gasteiger charge is -2.24. The van der Waals surface area contributed by atoms with Crippen LogP contribution in [0.15, 0.2) is 53.4 Å². The van der Waals surface area contributed by atoms with Crippen molar-refractivity contribution in [1.29, 1.82) is 0 Å². The van der Waals surface area contributed by atoms with E-state index in [-0.39, 0.29) is 29.2 Å². The molecule has 1 unspecified atom stereocenters. The maximum absolute atomic E-state index is 13.9. The second kappa shape index (κ2) is 9.07. The minimum absolute atomic E-state index is 0.0547. The van der Waals surface area contributed by atoms with Gasteiger partial charge in [-0.2, -0.15) is 0 Å². The molecule has 0 aliphatic carbocycles. The van der Waals surface area contributed by atoms with E-state index in [0.29, 0.717) is 18.5 Å². The van der Waals surface area contributed by atoms with E-state index in [0.717, 1.165) is 5.56 Å². The molecule has 0 spiro atoms. The quantitative estimate of drug-likeness (QED) is 0.716. The van der Waals surface area contributed by atoms with Crippen LogP contribution in [0.5, 0.6) is 0 Å². The number of carbonyl (C=O) groups is 1. The standard InChI is InChI=1S/C19H24FN3O3S/c1-14(17-5-3-4-6-18(17)20)23(2)13-19(24)22-12-11-15-7-9-16(10-8-15)27(21,25)26/h3-10,14H,11-13H2,1-2H3,(H,22,24)(H2,21,25,26). The Morgan fingerprint density at radius 2 is 1.81 bits per heavy atom. The fourth-order valence-corrected chi connectivity index (χ4v) is 3.18. The molecule has 3 N–H and O–H groups in total. The van der Waals surface area contributed by atoms with Gasteiger partial charge in [0.05, 0.1) is 11.4 Å². The fraction of sp³-hybridized carbons (Fsp3) is 0.316. The molecule has 0 heterocycles. The highest BCUT2D eigenvalue weighted by atomic mass is 32.2. The zero-order valence-corrected chi connectivity index (χ0v) is 16.2. The first-order chi connectivity index (χ1) is 12.7. The number of nitrogens with one attached hydrogen (secondary N) is 1. The number of hydrogen-bond acceptors (Lipinski definition) is 4. The molecular weight excluding hydrogens is 369 g/mol. The van der Waals surface area contributed by atoms with Crippen molar-refractivity contribution < 1.29 is 17.6 Å². The summed E-state index contributed by atoms with van der Waals surface area (Å²) in [7, 11) is -1.94. The number of likely N-dealkylation sites (N-methyl/N-ethyl adjacent to an activating group) is 1. The van der Waals surface area contributed by atoms with Crippen molar-refractivity contribution in [3.63, 3.8) is 0 Å². The van der Waals surface area contributed by atoms with Gasteiger partial charge in [-0.1, -0.05) is 30.3 Å². The van der Waals surface area contributed by atoms with E-state index < -0.39 is 10.0 Å². The van der Waals surface area contributed by atoms with E-state index in [1.807, 2.05) is 6.92 Å². The molecule has 0 saturated heterocycles. The monoisotopic (exact) mass is 393 g/mol. The average molecular weight is 393 g/mol. The molecule has 2 aromatic carbocycles. The van der Waals surface area contributed by atoms with Crippen molar-refractivity contribution >= 4 is 15.9 Å². The van der Waals surface area contributed by atoms with Gasteiger partial charge in [-0.15, -0.1) is 0 Å². The van der Waals surface area contributed by atoms with Gasteiger partial charge in [-0.3, -0.25) is 9.69 Å². The van der Waals surface area contributed by atoms with Crippen LogP contribution >= 0.6 is 0 Å². The van der Waals surface area contributed by atoms with Gasteiger partial charge in [0.15, 0.2) is 0 Å². The Kier molecular flexibility index (Phi) is 7.06. The average Bonchev–Trinajstić information content (AvgIpc) is 2.61. The zero-order chi connectivity index (χ0) is 20.0. The number of sulfonamides is 1. The number of nitrogens with two attached hydrogens (primary N) is 1. The van der Waals surface area contributed by atoms with Crippen LogP contribution in [-0.4, -0.2) is 39.4 Å². The first kappa shape index (κ1) is 21.0. The summed E-state index contributed by atoms with van der Waals surface area (Å²) >= 11 is 0. The van der Waals surface area contributed by atoms with Crippen molar-refractivity contribution in [1.82, 2.24) is 10.2 Å². The third-order valence-corrected chi connectivity index (χ3v) is 5.33. The molecule has 2 rings (SSSR count). The molecule has 1 amide bonds. The van der Waals surface area contributed by atoms with Crippen molar-refractivity contribution in [3.05, 3.63) is 65.5 Å². The maximum Gasteiger partial charge on any atom is 0.238 e. The number of primary sulfonamides is 1. The van der Waals surface area contributed by atoms with E-state index in [1.54, 1.807) is 42.3 Å². The van der Waals surface area contributed by atoms with Crippen LogP contribution in [0, 0.1) is 5.82 Å². The normalized spacial score (nSPS) is 12.8. The van der Waals surface area contributed by atoms with E-state index >= 15 is 0 Å². The van der Waals surface area contributed by atoms with E-state index in [1.165, 1.54) is 18.2 Å². The summed E-state index contributed by atoms with van der Waals surface area (Å²) in [5.41, 5.74) is 1.43. The minimum Gasteiger partial charge on any atom is -0.355 e. The molecule has 0 radical (unpaired) electrons. The largest absolute Gasteiger partial charge is 0.355 e. The Bertz CT molecular complexity index is 885. The molecule has 8 heteroatoms. The van der Waals surface area contributed by atoms with Crippen LogP contribution in [0.1, 0.15) is 24.1 Å².